The highest BCUT2D eigenvalue weighted by Crippen LogP contribution is 2.26. The van der Waals surface area contributed by atoms with Crippen LogP contribution in [0.2, 0.25) is 0 Å². The highest BCUT2D eigenvalue weighted by Gasteiger charge is 2.48. The lowest BCUT2D eigenvalue weighted by Gasteiger charge is -2.15. The number of nitrogens with zero attached hydrogens (tertiary/aromatic N) is 1. The Morgan fingerprint density at radius 3 is 2.70 bits per heavy atom. The number of rotatable bonds is 4. The number of anilines is 1. The van der Waals surface area contributed by atoms with Crippen molar-refractivity contribution in [2.45, 2.75) is 12.3 Å². The average molecular weight is 288 g/mol. The molecule has 1 aromatic heterocycles. The molecule has 2 rings (SSSR count). The van der Waals surface area contributed by atoms with Gasteiger partial charge < -0.3 is 9.73 Å². The number of carbonyl (C=O) groups excluding carboxylic acids is 1. The highest BCUT2D eigenvalue weighted by atomic mass is 19.3. The molecule has 1 N–H and O–H groups in total. The zero-order chi connectivity index (χ0) is 14.8. The molecular weight excluding hydrogens is 280 g/mol. The SMILES string of the molecule is O=C(Nc1cccc(-c2cnco2)c1)C(F)(F)C(F)F. The van der Waals surface area contributed by atoms with Gasteiger partial charge in [0.05, 0.1) is 6.20 Å². The third-order valence-electron chi connectivity index (χ3n) is 2.41. The summed E-state index contributed by atoms with van der Waals surface area (Å²) < 4.78 is 54.7. The standard InChI is InChI=1S/C12H8F4N2O2/c13-10(14)12(15,16)11(19)18-8-3-1-2-7(4-8)9-5-17-6-20-9/h1-6,10H,(H,18,19). The van der Waals surface area contributed by atoms with Gasteiger partial charge >= 0.3 is 18.3 Å². The molecule has 0 saturated heterocycles. The van der Waals surface area contributed by atoms with Crippen LogP contribution in [0.15, 0.2) is 41.3 Å². The van der Waals surface area contributed by atoms with Crippen molar-refractivity contribution < 1.29 is 26.8 Å². The van der Waals surface area contributed by atoms with Crippen LogP contribution in [0.4, 0.5) is 23.2 Å². The predicted molar refractivity (Wildman–Crippen MR) is 61.5 cm³/mol. The Hall–Kier alpha value is -2.38. The zero-order valence-electron chi connectivity index (χ0n) is 9.82. The van der Waals surface area contributed by atoms with Crippen LogP contribution in [0.1, 0.15) is 0 Å². The largest absolute Gasteiger partial charge is 0.444 e. The molecule has 0 atom stereocenters. The summed E-state index contributed by atoms with van der Waals surface area (Å²) in [6.07, 6.45) is -1.51. The van der Waals surface area contributed by atoms with Gasteiger partial charge in [-0.15, -0.1) is 0 Å². The Bertz CT molecular complexity index is 599. The number of halogens is 4. The fraction of sp³-hybridized carbons (Fsp3) is 0.167. The highest BCUT2D eigenvalue weighted by molar-refractivity contribution is 5.96. The van der Waals surface area contributed by atoms with E-state index in [4.69, 9.17) is 4.42 Å². The van der Waals surface area contributed by atoms with Crippen molar-refractivity contribution in [1.82, 2.24) is 4.98 Å². The van der Waals surface area contributed by atoms with E-state index in [1.807, 2.05) is 0 Å². The van der Waals surface area contributed by atoms with E-state index in [1.54, 1.807) is 11.4 Å². The monoisotopic (exact) mass is 288 g/mol. The summed E-state index contributed by atoms with van der Waals surface area (Å²) in [5.41, 5.74) is 0.407. The Balaban J connectivity index is 2.19. The van der Waals surface area contributed by atoms with Crippen molar-refractivity contribution in [2.75, 3.05) is 5.32 Å². The molecule has 106 valence electrons. The molecule has 0 unspecified atom stereocenters. The van der Waals surface area contributed by atoms with Gasteiger partial charge in [-0.05, 0) is 12.1 Å². The van der Waals surface area contributed by atoms with Crippen LogP contribution in [0, 0.1) is 0 Å². The molecule has 2 aromatic rings. The maximum Gasteiger partial charge on any atom is 0.383 e. The van der Waals surface area contributed by atoms with Gasteiger partial charge in [-0.3, -0.25) is 4.79 Å². The number of carbonyl (C=O) groups is 1. The average Bonchev–Trinajstić information content (AvgIpc) is 2.92. The van der Waals surface area contributed by atoms with E-state index in [9.17, 15) is 22.4 Å². The molecule has 0 fully saturated rings. The lowest BCUT2D eigenvalue weighted by Crippen LogP contribution is -2.40. The van der Waals surface area contributed by atoms with E-state index < -0.39 is 18.3 Å². The number of hydrogen-bond acceptors (Lipinski definition) is 3. The van der Waals surface area contributed by atoms with Crippen LogP contribution in [-0.2, 0) is 4.79 Å². The zero-order valence-corrected chi connectivity index (χ0v) is 9.82. The molecule has 0 aliphatic rings. The third kappa shape index (κ3) is 2.79. The Kier molecular flexibility index (Phi) is 3.73. The summed E-state index contributed by atoms with van der Waals surface area (Å²) in [6, 6.07) is 5.63. The number of benzene rings is 1. The summed E-state index contributed by atoms with van der Waals surface area (Å²) >= 11 is 0. The maximum atomic E-state index is 12.8. The van der Waals surface area contributed by atoms with E-state index in [1.165, 1.54) is 30.8 Å². The van der Waals surface area contributed by atoms with Gasteiger partial charge in [0.15, 0.2) is 12.2 Å². The molecule has 0 aliphatic carbocycles. The summed E-state index contributed by atoms with van der Waals surface area (Å²) in [4.78, 5) is 14.8. The van der Waals surface area contributed by atoms with Crippen LogP contribution < -0.4 is 5.32 Å². The first-order valence-electron chi connectivity index (χ1n) is 5.37. The van der Waals surface area contributed by atoms with Crippen molar-refractivity contribution in [3.63, 3.8) is 0 Å². The van der Waals surface area contributed by atoms with Crippen LogP contribution in [0.5, 0.6) is 0 Å². The Morgan fingerprint density at radius 1 is 1.35 bits per heavy atom. The van der Waals surface area contributed by atoms with Crippen molar-refractivity contribution in [3.8, 4) is 11.3 Å². The van der Waals surface area contributed by atoms with Gasteiger partial charge in [0.25, 0.3) is 0 Å². The molecule has 0 spiro atoms. The molecule has 4 nitrogen and oxygen atoms in total. The number of nitrogens with one attached hydrogen (secondary N) is 1. The lowest BCUT2D eigenvalue weighted by molar-refractivity contribution is -0.163. The van der Waals surface area contributed by atoms with Gasteiger partial charge in [0.2, 0.25) is 0 Å². The Labute approximate surface area is 110 Å². The summed E-state index contributed by atoms with van der Waals surface area (Å²) in [5, 5.41) is 1.73. The molecule has 0 saturated carbocycles. The van der Waals surface area contributed by atoms with Crippen LogP contribution >= 0.6 is 0 Å². The minimum Gasteiger partial charge on any atom is -0.444 e. The second kappa shape index (κ2) is 5.32. The first-order valence-corrected chi connectivity index (χ1v) is 5.37. The first-order chi connectivity index (χ1) is 9.41. The normalized spacial score (nSPS) is 11.7. The van der Waals surface area contributed by atoms with E-state index in [-0.39, 0.29) is 5.69 Å². The summed E-state index contributed by atoms with van der Waals surface area (Å²) in [7, 11) is 0. The number of hydrogen-bond donors (Lipinski definition) is 1. The second-order valence-corrected chi connectivity index (χ2v) is 3.82. The Morgan fingerprint density at radius 2 is 2.10 bits per heavy atom. The number of alkyl halides is 4. The molecule has 0 bridgehead atoms. The van der Waals surface area contributed by atoms with E-state index in [0.717, 1.165) is 0 Å². The van der Waals surface area contributed by atoms with Crippen molar-refractivity contribution in [2.24, 2.45) is 0 Å². The third-order valence-corrected chi connectivity index (χ3v) is 2.41. The molecule has 1 aromatic carbocycles. The maximum absolute atomic E-state index is 12.8. The van der Waals surface area contributed by atoms with E-state index in [0.29, 0.717) is 11.3 Å². The van der Waals surface area contributed by atoms with Crippen LogP contribution in [0.3, 0.4) is 0 Å². The molecule has 0 radical (unpaired) electrons. The molecule has 1 heterocycles. The minimum absolute atomic E-state index is 0.0516. The van der Waals surface area contributed by atoms with Gasteiger partial charge in [0.1, 0.15) is 0 Å². The van der Waals surface area contributed by atoms with Crippen molar-refractivity contribution in [1.29, 1.82) is 0 Å². The number of amides is 1. The lowest BCUT2D eigenvalue weighted by atomic mass is 10.1. The predicted octanol–water partition coefficient (Wildman–Crippen LogP) is 3.18. The number of aromatic nitrogens is 1. The van der Waals surface area contributed by atoms with Gasteiger partial charge in [-0.2, -0.15) is 8.78 Å². The fourth-order valence-corrected chi connectivity index (χ4v) is 1.42. The van der Waals surface area contributed by atoms with Crippen LogP contribution in [-0.4, -0.2) is 23.2 Å². The molecule has 1 amide bonds. The fourth-order valence-electron chi connectivity index (χ4n) is 1.42. The molecular formula is C12H8F4N2O2. The molecule has 8 heteroatoms. The van der Waals surface area contributed by atoms with Gasteiger partial charge in [-0.25, -0.2) is 13.8 Å². The van der Waals surface area contributed by atoms with Crippen molar-refractivity contribution >= 4 is 11.6 Å². The van der Waals surface area contributed by atoms with Crippen LogP contribution in [0.25, 0.3) is 11.3 Å². The smallest absolute Gasteiger partial charge is 0.383 e. The van der Waals surface area contributed by atoms with Gasteiger partial charge in [0, 0.05) is 11.3 Å². The van der Waals surface area contributed by atoms with E-state index in [2.05, 4.69) is 4.98 Å². The van der Waals surface area contributed by atoms with Gasteiger partial charge in [-0.1, -0.05) is 12.1 Å². The second-order valence-electron chi connectivity index (χ2n) is 3.82. The molecule has 0 aliphatic heterocycles. The quantitative estimate of drug-likeness (QED) is 0.879. The first kappa shape index (κ1) is 14.0. The number of oxazole rings is 1. The minimum atomic E-state index is -4.75. The molecule has 20 heavy (non-hydrogen) atoms. The van der Waals surface area contributed by atoms with Crippen molar-refractivity contribution in [3.05, 3.63) is 36.9 Å². The summed E-state index contributed by atoms with van der Waals surface area (Å²) in [5.74, 6) is -6.47. The summed E-state index contributed by atoms with van der Waals surface area (Å²) in [6.45, 7) is 0. The van der Waals surface area contributed by atoms with E-state index >= 15 is 0 Å². The topological polar surface area (TPSA) is 55.1 Å².